The van der Waals surface area contributed by atoms with E-state index in [0.29, 0.717) is 34.9 Å². The van der Waals surface area contributed by atoms with Gasteiger partial charge in [-0.3, -0.25) is 24.6 Å². The van der Waals surface area contributed by atoms with Crippen LogP contribution in [0.25, 0.3) is 0 Å². The molecule has 3 aliphatic heterocycles. The van der Waals surface area contributed by atoms with Crippen molar-refractivity contribution in [3.05, 3.63) is 52.5 Å². The Bertz CT molecular complexity index is 1200. The number of phenolic OH excluding ortho intramolecular Hbond substituents is 2. The number of benzene rings is 2. The quantitative estimate of drug-likeness (QED) is 0.279. The molecule has 2 fully saturated rings. The summed E-state index contributed by atoms with van der Waals surface area (Å²) in [5.41, 5.74) is 0.167. The summed E-state index contributed by atoms with van der Waals surface area (Å²) in [6.07, 6.45) is 0.740. The van der Waals surface area contributed by atoms with Gasteiger partial charge in [-0.15, -0.1) is 0 Å². The highest BCUT2D eigenvalue weighted by molar-refractivity contribution is 6.35. The highest BCUT2D eigenvalue weighted by atomic mass is 35.5. The van der Waals surface area contributed by atoms with Crippen molar-refractivity contribution in [2.75, 3.05) is 25.6 Å². The van der Waals surface area contributed by atoms with Gasteiger partial charge in [-0.2, -0.15) is 0 Å². The lowest BCUT2D eigenvalue weighted by Crippen LogP contribution is -2.53. The summed E-state index contributed by atoms with van der Waals surface area (Å²) in [7, 11) is 1.55. The van der Waals surface area contributed by atoms with Crippen molar-refractivity contribution in [2.45, 2.75) is 24.4 Å². The molecule has 1 spiro atoms. The van der Waals surface area contributed by atoms with Crippen molar-refractivity contribution < 1.29 is 29.3 Å². The third-order valence-electron chi connectivity index (χ3n) is 7.02. The molecule has 2 aromatic rings. The number of methoxy groups -OCH3 is 1. The Kier molecular flexibility index (Phi) is 5.50. The van der Waals surface area contributed by atoms with Gasteiger partial charge in [0.05, 0.1) is 22.5 Å². The lowest BCUT2D eigenvalue weighted by Gasteiger charge is -2.29. The molecular weight excluding hydrogens is 462 g/mol. The molecule has 3 heterocycles. The van der Waals surface area contributed by atoms with E-state index in [2.05, 4.69) is 10.6 Å². The van der Waals surface area contributed by atoms with Crippen molar-refractivity contribution in [3.63, 3.8) is 0 Å². The lowest BCUT2D eigenvalue weighted by molar-refractivity contribution is -0.143. The van der Waals surface area contributed by atoms with E-state index in [0.717, 1.165) is 0 Å². The Hall–Kier alpha value is -3.14. The van der Waals surface area contributed by atoms with Gasteiger partial charge in [-0.1, -0.05) is 29.8 Å². The first-order valence-electron chi connectivity index (χ1n) is 11.0. The van der Waals surface area contributed by atoms with Crippen molar-refractivity contribution in [1.29, 1.82) is 0 Å². The van der Waals surface area contributed by atoms with Crippen molar-refractivity contribution in [3.8, 4) is 11.5 Å². The summed E-state index contributed by atoms with van der Waals surface area (Å²) in [4.78, 5) is 41.8. The van der Waals surface area contributed by atoms with Crippen molar-refractivity contribution >= 4 is 35.0 Å². The number of ether oxygens (including phenoxy) is 1. The molecule has 2 aromatic carbocycles. The number of carbonyl (C=O) groups is 3. The Balaban J connectivity index is 1.58. The zero-order valence-electron chi connectivity index (χ0n) is 18.4. The number of imide groups is 1. The van der Waals surface area contributed by atoms with Gasteiger partial charge < -0.3 is 20.3 Å². The highest BCUT2D eigenvalue weighted by Crippen LogP contribution is 2.54. The molecule has 178 valence electrons. The molecule has 0 saturated carbocycles. The number of para-hydroxylation sites is 1. The number of halogens is 1. The van der Waals surface area contributed by atoms with Crippen LogP contribution >= 0.6 is 11.6 Å². The zero-order valence-corrected chi connectivity index (χ0v) is 19.1. The minimum atomic E-state index is -1.45. The van der Waals surface area contributed by atoms with Crippen LogP contribution in [0, 0.1) is 11.8 Å². The van der Waals surface area contributed by atoms with Crippen LogP contribution in [0.3, 0.4) is 0 Å². The first-order valence-corrected chi connectivity index (χ1v) is 11.4. The molecule has 34 heavy (non-hydrogen) atoms. The molecule has 0 unspecified atom stereocenters. The van der Waals surface area contributed by atoms with Crippen molar-refractivity contribution in [2.24, 2.45) is 11.8 Å². The van der Waals surface area contributed by atoms with Gasteiger partial charge in [0.1, 0.15) is 5.54 Å². The lowest BCUT2D eigenvalue weighted by atomic mass is 9.76. The molecule has 0 aliphatic carbocycles. The number of hydrogen-bond donors (Lipinski definition) is 4. The largest absolute Gasteiger partial charge is 0.504 e. The summed E-state index contributed by atoms with van der Waals surface area (Å²) in [6, 6.07) is 8.94. The number of nitrogens with zero attached hydrogens (tertiary/aromatic N) is 1. The second kappa shape index (κ2) is 8.26. The van der Waals surface area contributed by atoms with E-state index in [1.807, 2.05) is 0 Å². The van der Waals surface area contributed by atoms with Crippen LogP contribution in [0.1, 0.15) is 17.5 Å². The molecule has 0 radical (unpaired) electrons. The molecule has 3 amide bonds. The van der Waals surface area contributed by atoms with Gasteiger partial charge in [0.2, 0.25) is 17.7 Å². The fourth-order valence-corrected chi connectivity index (χ4v) is 5.79. The van der Waals surface area contributed by atoms with E-state index in [4.69, 9.17) is 16.3 Å². The molecular formula is C24H24ClN3O6. The molecule has 4 atom stereocenters. The molecule has 4 N–H and O–H groups in total. The number of amides is 3. The Labute approximate surface area is 200 Å². The number of anilines is 1. The first-order chi connectivity index (χ1) is 16.3. The van der Waals surface area contributed by atoms with Crippen LogP contribution in [0.15, 0.2) is 36.4 Å². The molecule has 5 rings (SSSR count). The Morgan fingerprint density at radius 3 is 2.65 bits per heavy atom. The van der Waals surface area contributed by atoms with E-state index in [-0.39, 0.29) is 30.4 Å². The van der Waals surface area contributed by atoms with E-state index < -0.39 is 35.2 Å². The number of aromatic hydroxyl groups is 2. The topological polar surface area (TPSA) is 128 Å². The van der Waals surface area contributed by atoms with Gasteiger partial charge >= 0.3 is 0 Å². The minimum absolute atomic E-state index is 0.200. The third-order valence-corrected chi connectivity index (χ3v) is 7.33. The highest BCUT2D eigenvalue weighted by Gasteiger charge is 2.70. The number of phenols is 2. The maximum absolute atomic E-state index is 13.6. The fraction of sp³-hybridized carbons (Fsp3) is 0.375. The molecule has 2 saturated heterocycles. The van der Waals surface area contributed by atoms with Crippen LogP contribution in [-0.4, -0.2) is 59.1 Å². The molecule has 0 bridgehead atoms. The standard InChI is InChI=1S/C24H24ClN3O6/c1-34-9-3-8-28-21(31)18-15(10-12-6-7-16(29)17(30)11-12)27-24(19(18)22(28)32)13-4-2-5-14(25)20(13)26-23(24)33/h2,4-7,11,15,18-19,27,29-30H,3,8-10H2,1H3,(H,26,33)/t15-,18-,19-,24+/m0/s1. The van der Waals surface area contributed by atoms with E-state index >= 15 is 0 Å². The average Bonchev–Trinajstić information content (AvgIpc) is 3.38. The SMILES string of the molecule is COCCCN1C(=O)[C@H]2[C@H](Cc3ccc(O)c(O)c3)N[C@@]3(C(=O)Nc4c(Cl)cccc43)[C@@H]2C1=O. The normalized spacial score (nSPS) is 27.4. The molecule has 10 heteroatoms. The number of rotatable bonds is 6. The van der Waals surface area contributed by atoms with Gasteiger partial charge in [0, 0.05) is 31.9 Å². The van der Waals surface area contributed by atoms with E-state index in [9.17, 15) is 24.6 Å². The number of hydrogen-bond acceptors (Lipinski definition) is 7. The predicted octanol–water partition coefficient (Wildman–Crippen LogP) is 1.75. The average molecular weight is 486 g/mol. The third kappa shape index (κ3) is 3.19. The van der Waals surface area contributed by atoms with Gasteiger partial charge in [0.15, 0.2) is 11.5 Å². The molecule has 9 nitrogen and oxygen atoms in total. The summed E-state index contributed by atoms with van der Waals surface area (Å²) in [5, 5.41) is 26.1. The van der Waals surface area contributed by atoms with Crippen LogP contribution in [0.5, 0.6) is 11.5 Å². The maximum atomic E-state index is 13.6. The van der Waals surface area contributed by atoms with Crippen LogP contribution < -0.4 is 10.6 Å². The number of carbonyl (C=O) groups excluding carboxylic acids is 3. The second-order valence-electron chi connectivity index (χ2n) is 8.88. The van der Waals surface area contributed by atoms with Crippen LogP contribution in [-0.2, 0) is 31.1 Å². The Morgan fingerprint density at radius 2 is 1.91 bits per heavy atom. The van der Waals surface area contributed by atoms with Crippen LogP contribution in [0.4, 0.5) is 5.69 Å². The van der Waals surface area contributed by atoms with E-state index in [1.165, 1.54) is 17.0 Å². The first kappa shape index (κ1) is 22.6. The molecule has 3 aliphatic rings. The summed E-state index contributed by atoms with van der Waals surface area (Å²) in [5.74, 6) is -3.45. The monoisotopic (exact) mass is 485 g/mol. The van der Waals surface area contributed by atoms with Crippen molar-refractivity contribution in [1.82, 2.24) is 10.2 Å². The predicted molar refractivity (Wildman–Crippen MR) is 122 cm³/mol. The number of likely N-dealkylation sites (tertiary alicyclic amines) is 1. The second-order valence-corrected chi connectivity index (χ2v) is 9.29. The zero-order chi connectivity index (χ0) is 24.2. The summed E-state index contributed by atoms with van der Waals surface area (Å²) in [6.45, 7) is 0.594. The fourth-order valence-electron chi connectivity index (χ4n) is 5.57. The smallest absolute Gasteiger partial charge is 0.250 e. The van der Waals surface area contributed by atoms with Gasteiger partial charge in [-0.25, -0.2) is 0 Å². The summed E-state index contributed by atoms with van der Waals surface area (Å²) >= 11 is 6.35. The van der Waals surface area contributed by atoms with E-state index in [1.54, 1.807) is 31.4 Å². The van der Waals surface area contributed by atoms with Gasteiger partial charge in [0.25, 0.3) is 0 Å². The van der Waals surface area contributed by atoms with Gasteiger partial charge in [-0.05, 0) is 36.6 Å². The number of nitrogens with one attached hydrogen (secondary N) is 2. The maximum Gasteiger partial charge on any atom is 0.250 e. The Morgan fingerprint density at radius 1 is 1.12 bits per heavy atom. The molecule has 0 aromatic heterocycles. The minimum Gasteiger partial charge on any atom is -0.504 e. The van der Waals surface area contributed by atoms with Crippen LogP contribution in [0.2, 0.25) is 5.02 Å². The number of fused-ring (bicyclic) bond motifs is 4. The summed E-state index contributed by atoms with van der Waals surface area (Å²) < 4.78 is 5.07.